The van der Waals surface area contributed by atoms with Crippen molar-refractivity contribution in [1.29, 1.82) is 0 Å². The SMILES string of the molecule is [2H]C([2H])([2H])NC(=O)c1nnc(C(=O)NC2CC2)cc1Nc1cc(F)cc(-c2ncn(C)n2)c1OC. The first kappa shape index (κ1) is 17.6. The first-order chi connectivity index (χ1) is 16.5. The van der Waals surface area contributed by atoms with Crippen LogP contribution in [0.1, 0.15) is 37.9 Å². The van der Waals surface area contributed by atoms with Gasteiger partial charge in [-0.2, -0.15) is 5.10 Å². The lowest BCUT2D eigenvalue weighted by atomic mass is 10.1. The average molecular weight is 443 g/mol. The van der Waals surface area contributed by atoms with E-state index in [1.165, 1.54) is 30.3 Å². The van der Waals surface area contributed by atoms with Crippen molar-refractivity contribution in [3.63, 3.8) is 0 Å². The van der Waals surface area contributed by atoms with Crippen LogP contribution < -0.4 is 20.7 Å². The van der Waals surface area contributed by atoms with E-state index in [4.69, 9.17) is 8.85 Å². The van der Waals surface area contributed by atoms with E-state index in [1.54, 1.807) is 7.05 Å². The summed E-state index contributed by atoms with van der Waals surface area (Å²) in [6.07, 6.45) is 3.12. The zero-order valence-corrected chi connectivity index (χ0v) is 17.1. The molecule has 2 aromatic heterocycles. The second kappa shape index (κ2) is 8.57. The molecule has 0 bridgehead atoms. The third kappa shape index (κ3) is 4.33. The van der Waals surface area contributed by atoms with Gasteiger partial charge in [-0.3, -0.25) is 14.3 Å². The largest absolute Gasteiger partial charge is 0.494 e. The Bertz CT molecular complexity index is 1290. The Kier molecular flexibility index (Phi) is 4.71. The fourth-order valence-corrected chi connectivity index (χ4v) is 2.99. The molecule has 3 aromatic rings. The Balaban J connectivity index is 1.78. The van der Waals surface area contributed by atoms with E-state index in [0.29, 0.717) is 0 Å². The number of carbonyl (C=O) groups is 2. The van der Waals surface area contributed by atoms with Gasteiger partial charge >= 0.3 is 0 Å². The van der Waals surface area contributed by atoms with Gasteiger partial charge < -0.3 is 20.7 Å². The number of aryl methyl sites for hydroxylation is 1. The Morgan fingerprint density at radius 2 is 2.03 bits per heavy atom. The molecule has 2 amide bonds. The number of hydrogen-bond acceptors (Lipinski definition) is 8. The minimum Gasteiger partial charge on any atom is -0.494 e. The minimum atomic E-state index is -2.80. The highest BCUT2D eigenvalue weighted by Crippen LogP contribution is 2.38. The first-order valence-electron chi connectivity index (χ1n) is 11.1. The van der Waals surface area contributed by atoms with E-state index in [2.05, 4.69) is 30.9 Å². The van der Waals surface area contributed by atoms with Crippen LogP contribution in [0, 0.1) is 5.82 Å². The maximum Gasteiger partial charge on any atom is 0.273 e. The lowest BCUT2D eigenvalue weighted by molar-refractivity contribution is 0.0935. The monoisotopic (exact) mass is 443 g/mol. The number of ether oxygens (including phenoxy) is 1. The number of halogens is 1. The molecule has 1 aliphatic carbocycles. The van der Waals surface area contributed by atoms with Gasteiger partial charge in [-0.05, 0) is 25.0 Å². The maximum atomic E-state index is 14.6. The number of rotatable bonds is 7. The lowest BCUT2D eigenvalue weighted by Gasteiger charge is -2.16. The standard InChI is InChI=1S/C20H21FN8O3/c1-22-20(31)16-13(8-15(26-27-16)19(30)24-11-4-5-11)25-14-7-10(21)6-12(17(14)32-3)18-23-9-29(2)28-18/h6-9,11H,4-5H2,1-3H3,(H,22,31)(H,24,30)(H,25,26)/i1D3. The van der Waals surface area contributed by atoms with Crippen molar-refractivity contribution in [2.24, 2.45) is 7.05 Å². The van der Waals surface area contributed by atoms with Gasteiger partial charge in [0.2, 0.25) is 0 Å². The number of anilines is 2. The number of nitrogens with zero attached hydrogens (tertiary/aromatic N) is 5. The molecule has 1 aliphatic rings. The number of methoxy groups -OCH3 is 1. The van der Waals surface area contributed by atoms with E-state index in [9.17, 15) is 14.0 Å². The summed E-state index contributed by atoms with van der Waals surface area (Å²) in [5, 5.41) is 19.1. The number of carbonyl (C=O) groups excluding carboxylic acids is 2. The minimum absolute atomic E-state index is 0.0380. The highest BCUT2D eigenvalue weighted by Gasteiger charge is 2.26. The van der Waals surface area contributed by atoms with Crippen molar-refractivity contribution in [3.05, 3.63) is 41.7 Å². The first-order valence-corrected chi connectivity index (χ1v) is 9.55. The third-order valence-electron chi connectivity index (χ3n) is 4.64. The maximum absolute atomic E-state index is 14.6. The van der Waals surface area contributed by atoms with Crippen LogP contribution in [0.15, 0.2) is 24.5 Å². The number of amides is 2. The summed E-state index contributed by atoms with van der Waals surface area (Å²) in [7, 11) is 3.00. The predicted octanol–water partition coefficient (Wildman–Crippen LogP) is 1.42. The predicted molar refractivity (Wildman–Crippen MR) is 112 cm³/mol. The molecule has 32 heavy (non-hydrogen) atoms. The van der Waals surface area contributed by atoms with Crippen molar-refractivity contribution >= 4 is 23.2 Å². The molecule has 0 aliphatic heterocycles. The second-order valence-electron chi connectivity index (χ2n) is 7.09. The van der Waals surface area contributed by atoms with Crippen molar-refractivity contribution in [2.45, 2.75) is 18.9 Å². The van der Waals surface area contributed by atoms with E-state index < -0.39 is 30.3 Å². The van der Waals surface area contributed by atoms with Gasteiger partial charge in [0.15, 0.2) is 23.0 Å². The van der Waals surface area contributed by atoms with Gasteiger partial charge in [0, 0.05) is 30.2 Å². The zero-order chi connectivity index (χ0) is 25.3. The Labute approximate surface area is 186 Å². The van der Waals surface area contributed by atoms with Crippen molar-refractivity contribution in [1.82, 2.24) is 35.6 Å². The molecule has 0 radical (unpaired) electrons. The molecule has 1 fully saturated rings. The molecular weight excluding hydrogens is 419 g/mol. The van der Waals surface area contributed by atoms with Crippen LogP contribution in [-0.4, -0.2) is 56.9 Å². The molecule has 166 valence electrons. The van der Waals surface area contributed by atoms with Gasteiger partial charge in [0.05, 0.1) is 24.0 Å². The summed E-state index contributed by atoms with van der Waals surface area (Å²) in [5.74, 6) is -1.94. The Morgan fingerprint density at radius 1 is 1.22 bits per heavy atom. The number of nitrogens with one attached hydrogen (secondary N) is 3. The summed E-state index contributed by atoms with van der Waals surface area (Å²) < 4.78 is 43.4. The van der Waals surface area contributed by atoms with Crippen LogP contribution in [0.5, 0.6) is 5.75 Å². The number of aromatic nitrogens is 5. The van der Waals surface area contributed by atoms with Crippen molar-refractivity contribution in [2.75, 3.05) is 19.4 Å². The van der Waals surface area contributed by atoms with Crippen LogP contribution in [0.25, 0.3) is 11.4 Å². The van der Waals surface area contributed by atoms with Gasteiger partial charge in [-0.25, -0.2) is 9.37 Å². The molecule has 4 rings (SSSR count). The average Bonchev–Trinajstić information content (AvgIpc) is 3.48. The fourth-order valence-electron chi connectivity index (χ4n) is 2.99. The molecule has 0 saturated heterocycles. The lowest BCUT2D eigenvalue weighted by Crippen LogP contribution is -2.28. The van der Waals surface area contributed by atoms with Crippen LogP contribution in [0.4, 0.5) is 15.8 Å². The highest BCUT2D eigenvalue weighted by atomic mass is 19.1. The van der Waals surface area contributed by atoms with Gasteiger partial charge in [-0.15, -0.1) is 10.2 Å². The molecular formula is C20H21FN8O3. The zero-order valence-electron chi connectivity index (χ0n) is 20.1. The molecule has 11 nitrogen and oxygen atoms in total. The topological polar surface area (TPSA) is 136 Å². The van der Waals surface area contributed by atoms with E-state index in [-0.39, 0.29) is 40.2 Å². The van der Waals surface area contributed by atoms with Crippen LogP contribution >= 0.6 is 0 Å². The Morgan fingerprint density at radius 3 is 2.69 bits per heavy atom. The molecule has 0 spiro atoms. The normalized spacial score (nSPS) is 14.7. The molecule has 3 N–H and O–H groups in total. The summed E-state index contributed by atoms with van der Waals surface area (Å²) >= 11 is 0. The van der Waals surface area contributed by atoms with Gasteiger partial charge in [0.1, 0.15) is 12.1 Å². The summed E-state index contributed by atoms with van der Waals surface area (Å²) in [4.78, 5) is 29.2. The van der Waals surface area contributed by atoms with E-state index >= 15 is 0 Å². The fraction of sp³-hybridized carbons (Fsp3) is 0.300. The third-order valence-corrected chi connectivity index (χ3v) is 4.64. The molecule has 0 unspecified atom stereocenters. The van der Waals surface area contributed by atoms with Gasteiger partial charge in [0.25, 0.3) is 11.8 Å². The summed E-state index contributed by atoms with van der Waals surface area (Å²) in [6.45, 7) is -2.80. The van der Waals surface area contributed by atoms with Gasteiger partial charge in [-0.1, -0.05) is 0 Å². The smallest absolute Gasteiger partial charge is 0.273 e. The van der Waals surface area contributed by atoms with E-state index in [0.717, 1.165) is 18.9 Å². The summed E-state index contributed by atoms with van der Waals surface area (Å²) in [5.41, 5.74) is -0.358. The highest BCUT2D eigenvalue weighted by molar-refractivity contribution is 6.00. The van der Waals surface area contributed by atoms with Crippen LogP contribution in [-0.2, 0) is 7.05 Å². The molecule has 1 aromatic carbocycles. The van der Waals surface area contributed by atoms with Crippen LogP contribution in [0.2, 0.25) is 0 Å². The molecule has 12 heteroatoms. The Hall–Kier alpha value is -4.09. The second-order valence-corrected chi connectivity index (χ2v) is 7.09. The number of hydrogen-bond donors (Lipinski definition) is 3. The van der Waals surface area contributed by atoms with Crippen LogP contribution in [0.3, 0.4) is 0 Å². The van der Waals surface area contributed by atoms with E-state index in [1.807, 2.05) is 5.32 Å². The summed E-state index contributed by atoms with van der Waals surface area (Å²) in [6, 6.07) is 3.54. The van der Waals surface area contributed by atoms with Crippen molar-refractivity contribution in [3.8, 4) is 17.1 Å². The van der Waals surface area contributed by atoms with Crippen molar-refractivity contribution < 1.29 is 22.8 Å². The number of benzene rings is 1. The molecule has 0 atom stereocenters. The molecule has 1 saturated carbocycles. The quantitative estimate of drug-likeness (QED) is 0.499. The molecule has 2 heterocycles.